The second-order valence-electron chi connectivity index (χ2n) is 3.78. The molecule has 1 aromatic heterocycles. The predicted molar refractivity (Wildman–Crippen MR) is 59.6 cm³/mol. The molecular weight excluding hydrogens is 206 g/mol. The van der Waals surface area contributed by atoms with Gasteiger partial charge in [-0.2, -0.15) is 0 Å². The largest absolute Gasteiger partial charge is 0.359 e. The van der Waals surface area contributed by atoms with Gasteiger partial charge in [0.05, 0.1) is 0 Å². The van der Waals surface area contributed by atoms with E-state index in [0.717, 1.165) is 25.1 Å². The highest BCUT2D eigenvalue weighted by Crippen LogP contribution is 2.10. The summed E-state index contributed by atoms with van der Waals surface area (Å²) in [5.41, 5.74) is 2.14. The minimum atomic E-state index is 0.435. The van der Waals surface area contributed by atoms with Gasteiger partial charge in [-0.3, -0.25) is 4.63 Å². The van der Waals surface area contributed by atoms with Gasteiger partial charge in [-0.1, -0.05) is 19.4 Å². The average molecular weight is 221 g/mol. The topological polar surface area (TPSA) is 65.0 Å². The quantitative estimate of drug-likeness (QED) is 0.611. The van der Waals surface area contributed by atoms with E-state index in [2.05, 4.69) is 22.0 Å². The molecule has 1 heterocycles. The van der Waals surface area contributed by atoms with Crippen molar-refractivity contribution in [3.05, 3.63) is 29.0 Å². The van der Waals surface area contributed by atoms with Crippen molar-refractivity contribution in [2.24, 2.45) is 0 Å². The molecule has 0 spiro atoms. The second kappa shape index (κ2) is 4.94. The standard InChI is InChI=1S/C11H15N3O2/c1-2-3-6-12-8-9-4-5-10-11(7-9)14(15)16-13-10/h4-5,7,12H,2-3,6,8H2,1H3. The molecule has 0 radical (unpaired) electrons. The maximum absolute atomic E-state index is 11.2. The van der Waals surface area contributed by atoms with Crippen LogP contribution in [0.15, 0.2) is 22.8 Å². The SMILES string of the molecule is CCCCNCc1ccc2no[n+]([O-])c2c1. The summed E-state index contributed by atoms with van der Waals surface area (Å²) in [5.74, 6) is 0. The van der Waals surface area contributed by atoms with Crippen LogP contribution in [-0.2, 0) is 6.54 Å². The highest BCUT2D eigenvalue weighted by atomic mass is 16.8. The third-order valence-corrected chi connectivity index (χ3v) is 2.49. The fourth-order valence-corrected chi connectivity index (χ4v) is 1.56. The number of aromatic nitrogens is 2. The van der Waals surface area contributed by atoms with Gasteiger partial charge in [0, 0.05) is 11.7 Å². The summed E-state index contributed by atoms with van der Waals surface area (Å²) in [6.45, 7) is 3.92. The summed E-state index contributed by atoms with van der Waals surface area (Å²) >= 11 is 0. The lowest BCUT2D eigenvalue weighted by Gasteiger charge is -2.02. The van der Waals surface area contributed by atoms with E-state index in [4.69, 9.17) is 0 Å². The van der Waals surface area contributed by atoms with Crippen LogP contribution in [0.4, 0.5) is 0 Å². The lowest BCUT2D eigenvalue weighted by molar-refractivity contribution is -0.782. The van der Waals surface area contributed by atoms with Crippen LogP contribution >= 0.6 is 0 Å². The number of hydrogen-bond acceptors (Lipinski definition) is 4. The highest BCUT2D eigenvalue weighted by molar-refractivity contribution is 5.70. The summed E-state index contributed by atoms with van der Waals surface area (Å²) < 4.78 is 4.50. The molecule has 2 aromatic rings. The molecule has 86 valence electrons. The monoisotopic (exact) mass is 221 g/mol. The van der Waals surface area contributed by atoms with Gasteiger partial charge in [0.2, 0.25) is 11.0 Å². The second-order valence-corrected chi connectivity index (χ2v) is 3.78. The van der Waals surface area contributed by atoms with Crippen LogP contribution in [0.1, 0.15) is 25.3 Å². The molecule has 0 fully saturated rings. The van der Waals surface area contributed by atoms with E-state index in [1.165, 1.54) is 6.42 Å². The predicted octanol–water partition coefficient (Wildman–Crippen LogP) is 1.35. The van der Waals surface area contributed by atoms with E-state index in [1.807, 2.05) is 6.07 Å². The third kappa shape index (κ3) is 2.30. The van der Waals surface area contributed by atoms with Crippen LogP contribution < -0.4 is 10.2 Å². The van der Waals surface area contributed by atoms with Crippen LogP contribution in [0.3, 0.4) is 0 Å². The number of fused-ring (bicyclic) bond motifs is 1. The van der Waals surface area contributed by atoms with Crippen molar-refractivity contribution in [1.29, 1.82) is 0 Å². The Morgan fingerprint density at radius 1 is 1.50 bits per heavy atom. The summed E-state index contributed by atoms with van der Waals surface area (Å²) in [6.07, 6.45) is 2.34. The van der Waals surface area contributed by atoms with Crippen molar-refractivity contribution >= 4 is 11.0 Å². The van der Waals surface area contributed by atoms with Crippen molar-refractivity contribution in [3.8, 4) is 0 Å². The smallest absolute Gasteiger partial charge is 0.248 e. The molecule has 16 heavy (non-hydrogen) atoms. The lowest BCUT2D eigenvalue weighted by atomic mass is 10.2. The van der Waals surface area contributed by atoms with Crippen LogP contribution in [0, 0.1) is 5.21 Å². The Morgan fingerprint density at radius 3 is 3.19 bits per heavy atom. The number of rotatable bonds is 5. The van der Waals surface area contributed by atoms with Gasteiger partial charge in [-0.25, -0.2) is 0 Å². The molecule has 1 aromatic carbocycles. The molecule has 0 unspecified atom stereocenters. The third-order valence-electron chi connectivity index (χ3n) is 2.49. The van der Waals surface area contributed by atoms with Crippen molar-refractivity contribution < 1.29 is 9.53 Å². The van der Waals surface area contributed by atoms with E-state index in [9.17, 15) is 5.21 Å². The Labute approximate surface area is 93.6 Å². The van der Waals surface area contributed by atoms with Gasteiger partial charge >= 0.3 is 0 Å². The fraction of sp³-hybridized carbons (Fsp3) is 0.455. The van der Waals surface area contributed by atoms with Crippen molar-refractivity contribution in [3.63, 3.8) is 0 Å². The molecular formula is C11H15N3O2. The number of nitrogens with zero attached hydrogens (tertiary/aromatic N) is 2. The summed E-state index contributed by atoms with van der Waals surface area (Å²) in [4.78, 5) is 0.435. The molecule has 0 atom stereocenters. The minimum Gasteiger partial charge on any atom is -0.359 e. The average Bonchev–Trinajstić information content (AvgIpc) is 2.67. The number of nitrogens with one attached hydrogen (secondary N) is 1. The first-order valence-electron chi connectivity index (χ1n) is 5.50. The molecule has 1 N–H and O–H groups in total. The summed E-state index contributed by atoms with van der Waals surface area (Å²) in [7, 11) is 0. The van der Waals surface area contributed by atoms with Crippen LogP contribution in [-0.4, -0.2) is 11.7 Å². The molecule has 0 saturated carbocycles. The van der Waals surface area contributed by atoms with Crippen LogP contribution in [0.2, 0.25) is 0 Å². The zero-order valence-corrected chi connectivity index (χ0v) is 9.27. The Kier molecular flexibility index (Phi) is 3.36. The van der Waals surface area contributed by atoms with Crippen molar-refractivity contribution in [2.75, 3.05) is 6.54 Å². The van der Waals surface area contributed by atoms with Crippen molar-refractivity contribution in [1.82, 2.24) is 10.5 Å². The van der Waals surface area contributed by atoms with Crippen LogP contribution in [0.5, 0.6) is 0 Å². The Bertz CT molecular complexity index is 467. The number of unbranched alkanes of at least 4 members (excludes halogenated alkanes) is 1. The Morgan fingerprint density at radius 2 is 2.38 bits per heavy atom. The van der Waals surface area contributed by atoms with Crippen molar-refractivity contribution in [2.45, 2.75) is 26.3 Å². The zero-order chi connectivity index (χ0) is 11.4. The maximum atomic E-state index is 11.2. The molecule has 2 rings (SSSR count). The van der Waals surface area contributed by atoms with E-state index in [-0.39, 0.29) is 0 Å². The van der Waals surface area contributed by atoms with Crippen LogP contribution in [0.25, 0.3) is 11.0 Å². The first kappa shape index (κ1) is 10.9. The first-order chi connectivity index (χ1) is 7.81. The molecule has 0 aliphatic carbocycles. The lowest BCUT2D eigenvalue weighted by Crippen LogP contribution is -2.23. The zero-order valence-electron chi connectivity index (χ0n) is 9.27. The summed E-state index contributed by atoms with van der Waals surface area (Å²) in [6, 6.07) is 5.55. The number of benzene rings is 1. The maximum Gasteiger partial charge on any atom is 0.248 e. The van der Waals surface area contributed by atoms with E-state index < -0.39 is 0 Å². The van der Waals surface area contributed by atoms with E-state index >= 15 is 0 Å². The molecule has 0 bridgehead atoms. The van der Waals surface area contributed by atoms with Gasteiger partial charge in [0.15, 0.2) is 0 Å². The summed E-state index contributed by atoms with van der Waals surface area (Å²) in [5, 5.41) is 18.1. The van der Waals surface area contributed by atoms with Gasteiger partial charge in [-0.05, 0) is 35.6 Å². The normalized spacial score (nSPS) is 11.1. The van der Waals surface area contributed by atoms with Gasteiger partial charge in [0.25, 0.3) is 0 Å². The van der Waals surface area contributed by atoms with E-state index in [1.54, 1.807) is 12.1 Å². The Balaban J connectivity index is 2.04. The van der Waals surface area contributed by atoms with Gasteiger partial charge in [-0.15, -0.1) is 0 Å². The van der Waals surface area contributed by atoms with Gasteiger partial charge < -0.3 is 10.5 Å². The van der Waals surface area contributed by atoms with E-state index in [0.29, 0.717) is 15.9 Å². The molecule has 0 aliphatic heterocycles. The highest BCUT2D eigenvalue weighted by Gasteiger charge is 2.08. The molecule has 0 amide bonds. The Hall–Kier alpha value is -1.62. The number of hydrogen-bond donors (Lipinski definition) is 1. The first-order valence-corrected chi connectivity index (χ1v) is 5.50. The minimum absolute atomic E-state index is 0.435. The molecule has 0 aliphatic rings. The molecule has 5 nitrogen and oxygen atoms in total. The molecule has 0 saturated heterocycles. The van der Waals surface area contributed by atoms with Gasteiger partial charge in [0.1, 0.15) is 0 Å². The molecule has 5 heteroatoms. The fourth-order valence-electron chi connectivity index (χ4n) is 1.56.